The van der Waals surface area contributed by atoms with Crippen LogP contribution in [0.15, 0.2) is 54.6 Å². The van der Waals surface area contributed by atoms with E-state index in [0.717, 1.165) is 38.3 Å². The molecule has 0 aliphatic carbocycles. The van der Waals surface area contributed by atoms with Crippen LogP contribution in [0.4, 0.5) is 5.69 Å². The van der Waals surface area contributed by atoms with E-state index in [9.17, 15) is 4.79 Å². The first kappa shape index (κ1) is 20.1. The summed E-state index contributed by atoms with van der Waals surface area (Å²) in [5.41, 5.74) is 3.31. The van der Waals surface area contributed by atoms with Gasteiger partial charge in [-0.1, -0.05) is 55.5 Å². The fourth-order valence-electron chi connectivity index (χ4n) is 5.54. The lowest BCUT2D eigenvalue weighted by molar-refractivity contribution is -1.000. The van der Waals surface area contributed by atoms with Crippen molar-refractivity contribution in [2.45, 2.75) is 38.1 Å². The number of likely N-dealkylation sites (N-methyl/N-ethyl adjacent to an activating group) is 1. The fourth-order valence-corrected chi connectivity index (χ4v) is 5.54. The number of hydrogen-bond donors (Lipinski definition) is 2. The van der Waals surface area contributed by atoms with Gasteiger partial charge in [0.25, 0.3) is 5.91 Å². The molecule has 0 aromatic heterocycles. The normalized spacial score (nSPS) is 28.6. The lowest BCUT2D eigenvalue weighted by Gasteiger charge is -2.51. The van der Waals surface area contributed by atoms with E-state index in [1.807, 2.05) is 0 Å². The molecule has 2 aliphatic rings. The molecule has 1 saturated heterocycles. The predicted molar refractivity (Wildman–Crippen MR) is 118 cm³/mol. The molecule has 0 bridgehead atoms. The van der Waals surface area contributed by atoms with Crippen LogP contribution in [-0.2, 0) is 10.2 Å². The van der Waals surface area contributed by atoms with Crippen molar-refractivity contribution in [3.8, 4) is 0 Å². The van der Waals surface area contributed by atoms with E-state index in [-0.39, 0.29) is 16.9 Å². The first-order valence-electron chi connectivity index (χ1n) is 10.9. The lowest BCUT2D eigenvalue weighted by Crippen LogP contribution is -3.27. The molecular formula is C25H35N3O+2. The smallest absolute Gasteiger partial charge is 0.282 e. The molecule has 4 heteroatoms. The summed E-state index contributed by atoms with van der Waals surface area (Å²) in [5.74, 6) is 0.257. The summed E-state index contributed by atoms with van der Waals surface area (Å²) in [7, 11) is 2.24. The summed E-state index contributed by atoms with van der Waals surface area (Å²) in [5, 5.41) is 0. The van der Waals surface area contributed by atoms with Crippen molar-refractivity contribution in [3.05, 3.63) is 65.7 Å². The molecule has 4 nitrogen and oxygen atoms in total. The molecule has 154 valence electrons. The Kier molecular flexibility index (Phi) is 5.26. The van der Waals surface area contributed by atoms with E-state index in [2.05, 4.69) is 87.3 Å². The zero-order valence-corrected chi connectivity index (χ0v) is 18.3. The van der Waals surface area contributed by atoms with Crippen LogP contribution in [0.25, 0.3) is 0 Å². The quantitative estimate of drug-likeness (QED) is 0.798. The molecule has 2 aromatic carbocycles. The van der Waals surface area contributed by atoms with Crippen molar-refractivity contribution in [1.82, 2.24) is 0 Å². The molecule has 2 heterocycles. The maximum atomic E-state index is 13.6. The van der Waals surface area contributed by atoms with Gasteiger partial charge in [-0.3, -0.25) is 4.79 Å². The van der Waals surface area contributed by atoms with Crippen LogP contribution in [0.5, 0.6) is 0 Å². The summed E-state index contributed by atoms with van der Waals surface area (Å²) in [6, 6.07) is 19.3. The van der Waals surface area contributed by atoms with Crippen molar-refractivity contribution < 1.29 is 14.6 Å². The van der Waals surface area contributed by atoms with Gasteiger partial charge in [-0.05, 0) is 37.5 Å². The van der Waals surface area contributed by atoms with Crippen LogP contribution in [0, 0.1) is 0 Å². The van der Waals surface area contributed by atoms with Crippen molar-refractivity contribution in [3.63, 3.8) is 0 Å². The maximum Gasteiger partial charge on any atom is 0.282 e. The number of benzene rings is 2. The van der Waals surface area contributed by atoms with E-state index in [0.29, 0.717) is 6.54 Å². The second-order valence-electron chi connectivity index (χ2n) is 9.82. The number of piperazine rings is 1. The van der Waals surface area contributed by atoms with Crippen LogP contribution < -0.4 is 14.7 Å². The molecular weight excluding hydrogens is 358 g/mol. The first-order valence-corrected chi connectivity index (χ1v) is 10.9. The maximum absolute atomic E-state index is 13.6. The molecule has 0 saturated carbocycles. The van der Waals surface area contributed by atoms with Crippen LogP contribution in [0.2, 0.25) is 0 Å². The van der Waals surface area contributed by atoms with E-state index in [4.69, 9.17) is 0 Å². The summed E-state index contributed by atoms with van der Waals surface area (Å²) in [4.78, 5) is 18.7. The third kappa shape index (κ3) is 3.72. The average molecular weight is 394 g/mol. The highest BCUT2D eigenvalue weighted by molar-refractivity contribution is 5.97. The second kappa shape index (κ2) is 7.58. The third-order valence-corrected chi connectivity index (χ3v) is 7.00. The Morgan fingerprint density at radius 1 is 0.931 bits per heavy atom. The lowest BCUT2D eigenvalue weighted by atomic mass is 9.65. The minimum atomic E-state index is -0.243. The number of nitrogens with one attached hydrogen (secondary N) is 2. The number of rotatable bonds is 3. The molecule has 0 radical (unpaired) electrons. The molecule has 0 spiro atoms. The van der Waals surface area contributed by atoms with Gasteiger partial charge in [0, 0.05) is 16.6 Å². The SMILES string of the molecule is C[NH+]1CC[NH+](CC(=O)N2c3ccccc3[C@@](C)(c3ccccc3)CC2(C)C)CC1. The van der Waals surface area contributed by atoms with Crippen LogP contribution >= 0.6 is 0 Å². The molecule has 1 fully saturated rings. The Morgan fingerprint density at radius 3 is 2.24 bits per heavy atom. The van der Waals surface area contributed by atoms with Crippen molar-refractivity contribution >= 4 is 11.6 Å². The minimum absolute atomic E-state index is 0.109. The number of carbonyl (C=O) groups excluding carboxylic acids is 1. The van der Waals surface area contributed by atoms with E-state index >= 15 is 0 Å². The van der Waals surface area contributed by atoms with Gasteiger partial charge in [-0.15, -0.1) is 0 Å². The second-order valence-corrected chi connectivity index (χ2v) is 9.82. The summed E-state index contributed by atoms with van der Waals surface area (Å²) in [6.45, 7) is 11.8. The van der Waals surface area contributed by atoms with Crippen LogP contribution in [0.1, 0.15) is 38.3 Å². The van der Waals surface area contributed by atoms with Gasteiger partial charge in [0.15, 0.2) is 6.54 Å². The van der Waals surface area contributed by atoms with Gasteiger partial charge in [-0.25, -0.2) is 0 Å². The predicted octanol–water partition coefficient (Wildman–Crippen LogP) is 0.921. The average Bonchev–Trinajstić information content (AvgIpc) is 2.70. The summed E-state index contributed by atoms with van der Waals surface area (Å²) >= 11 is 0. The Labute approximate surface area is 175 Å². The highest BCUT2D eigenvalue weighted by Gasteiger charge is 2.48. The Bertz CT molecular complexity index is 871. The standard InChI is InChI=1S/C25H33N3O/c1-24(2)19-25(3,20-10-6-5-7-11-20)21-12-8-9-13-22(21)28(24)23(29)18-27-16-14-26(4)15-17-27/h5-13H,14-19H2,1-4H3/p+2/t25-/m1/s1. The fraction of sp³-hybridized carbons (Fsp3) is 0.480. The summed E-state index contributed by atoms with van der Waals surface area (Å²) < 4.78 is 0. The van der Waals surface area contributed by atoms with Gasteiger partial charge in [0.05, 0.1) is 7.05 Å². The van der Waals surface area contributed by atoms with Gasteiger partial charge in [-0.2, -0.15) is 0 Å². The Hall–Kier alpha value is -2.17. The molecule has 1 atom stereocenters. The van der Waals surface area contributed by atoms with E-state index in [1.165, 1.54) is 16.0 Å². The molecule has 2 N–H and O–H groups in total. The molecule has 2 aliphatic heterocycles. The number of carbonyl (C=O) groups is 1. The number of nitrogens with zero attached hydrogens (tertiary/aromatic N) is 1. The number of hydrogen-bond acceptors (Lipinski definition) is 1. The van der Waals surface area contributed by atoms with Gasteiger partial charge in [0.2, 0.25) is 0 Å². The molecule has 1 amide bonds. The van der Waals surface area contributed by atoms with Crippen molar-refractivity contribution in [2.75, 3.05) is 44.7 Å². The van der Waals surface area contributed by atoms with Crippen LogP contribution in [-0.4, -0.2) is 51.2 Å². The third-order valence-electron chi connectivity index (χ3n) is 7.00. The van der Waals surface area contributed by atoms with Crippen molar-refractivity contribution in [2.24, 2.45) is 0 Å². The highest BCUT2D eigenvalue weighted by Crippen LogP contribution is 2.50. The number of quaternary nitrogens is 2. The molecule has 2 aromatic rings. The zero-order chi connectivity index (χ0) is 20.6. The number of para-hydroxylation sites is 1. The number of anilines is 1. The van der Waals surface area contributed by atoms with Gasteiger partial charge >= 0.3 is 0 Å². The first-order chi connectivity index (χ1) is 13.8. The molecule has 4 rings (SSSR count). The number of amides is 1. The van der Waals surface area contributed by atoms with Gasteiger partial charge in [0.1, 0.15) is 26.2 Å². The highest BCUT2D eigenvalue weighted by atomic mass is 16.2. The summed E-state index contributed by atoms with van der Waals surface area (Å²) in [6.07, 6.45) is 0.912. The molecule has 29 heavy (non-hydrogen) atoms. The van der Waals surface area contributed by atoms with E-state index < -0.39 is 0 Å². The molecule has 0 unspecified atom stereocenters. The minimum Gasteiger partial charge on any atom is -0.328 e. The van der Waals surface area contributed by atoms with Crippen LogP contribution in [0.3, 0.4) is 0 Å². The number of fused-ring (bicyclic) bond motifs is 1. The monoisotopic (exact) mass is 393 g/mol. The Balaban J connectivity index is 1.70. The topological polar surface area (TPSA) is 29.2 Å². The van der Waals surface area contributed by atoms with Crippen molar-refractivity contribution in [1.29, 1.82) is 0 Å². The zero-order valence-electron chi connectivity index (χ0n) is 18.3. The Morgan fingerprint density at radius 2 is 1.55 bits per heavy atom. The largest absolute Gasteiger partial charge is 0.328 e. The van der Waals surface area contributed by atoms with Gasteiger partial charge < -0.3 is 14.7 Å². The van der Waals surface area contributed by atoms with E-state index in [1.54, 1.807) is 4.90 Å².